The first kappa shape index (κ1) is 22.5. The van der Waals surface area contributed by atoms with Gasteiger partial charge in [0.2, 0.25) is 11.7 Å². The fourth-order valence-electron chi connectivity index (χ4n) is 2.24. The summed E-state index contributed by atoms with van der Waals surface area (Å²) >= 11 is 5.89. The number of guanidine groups is 1. The lowest BCUT2D eigenvalue weighted by Gasteiger charge is -2.19. The molecule has 29 heavy (non-hydrogen) atoms. The predicted octanol–water partition coefficient (Wildman–Crippen LogP) is 2.62. The van der Waals surface area contributed by atoms with Crippen molar-refractivity contribution in [2.45, 2.75) is 32.8 Å². The molecule has 2 aromatic rings. The average Bonchev–Trinajstić information content (AvgIpc) is 3.11. The molecule has 0 aliphatic carbocycles. The summed E-state index contributed by atoms with van der Waals surface area (Å²) in [5.74, 6) is 1.64. The topological polar surface area (TPSA) is 114 Å². The second-order valence-corrected chi connectivity index (χ2v) is 7.56. The monoisotopic (exact) mass is 422 g/mol. The molecule has 1 aromatic heterocycles. The van der Waals surface area contributed by atoms with E-state index in [-0.39, 0.29) is 0 Å². The molecule has 0 radical (unpaired) electrons. The third kappa shape index (κ3) is 8.39. The SMILES string of the molecule is CN=C(NCCNC(=O)OC(C)(C)C)NCCc1nc(-c2ccc(Cl)cc2)no1. The van der Waals surface area contributed by atoms with Gasteiger partial charge in [-0.25, -0.2) is 4.79 Å². The minimum absolute atomic E-state index is 0.406. The normalized spacial score (nSPS) is 11.8. The Kier molecular flexibility index (Phi) is 8.26. The molecule has 0 atom stereocenters. The smallest absolute Gasteiger partial charge is 0.407 e. The van der Waals surface area contributed by atoms with Crippen molar-refractivity contribution in [1.82, 2.24) is 26.1 Å². The van der Waals surface area contributed by atoms with E-state index in [9.17, 15) is 4.79 Å². The Morgan fingerprint density at radius 1 is 1.14 bits per heavy atom. The lowest BCUT2D eigenvalue weighted by atomic mass is 10.2. The second-order valence-electron chi connectivity index (χ2n) is 7.12. The molecule has 0 spiro atoms. The number of ether oxygens (including phenoxy) is 1. The summed E-state index contributed by atoms with van der Waals surface area (Å²) < 4.78 is 10.4. The molecule has 0 fully saturated rings. The summed E-state index contributed by atoms with van der Waals surface area (Å²) in [7, 11) is 1.67. The van der Waals surface area contributed by atoms with Gasteiger partial charge in [-0.2, -0.15) is 4.98 Å². The van der Waals surface area contributed by atoms with Crippen molar-refractivity contribution < 1.29 is 14.1 Å². The van der Waals surface area contributed by atoms with Gasteiger partial charge >= 0.3 is 6.09 Å². The van der Waals surface area contributed by atoms with Crippen LogP contribution >= 0.6 is 11.6 Å². The number of hydrogen-bond acceptors (Lipinski definition) is 6. The molecule has 2 rings (SSSR count). The molecule has 1 aromatic carbocycles. The van der Waals surface area contributed by atoms with E-state index >= 15 is 0 Å². The molecule has 9 nitrogen and oxygen atoms in total. The first-order valence-corrected chi connectivity index (χ1v) is 9.64. The van der Waals surface area contributed by atoms with Crippen molar-refractivity contribution in [3.05, 3.63) is 35.2 Å². The zero-order valence-electron chi connectivity index (χ0n) is 17.1. The Balaban J connectivity index is 1.68. The minimum Gasteiger partial charge on any atom is -0.444 e. The average molecular weight is 423 g/mol. The van der Waals surface area contributed by atoms with E-state index < -0.39 is 11.7 Å². The standard InChI is InChI=1S/C19H27ClN6O3/c1-19(2,3)28-18(27)24-12-11-23-17(21-4)22-10-9-15-25-16(26-29-15)13-5-7-14(20)8-6-13/h5-8H,9-12H2,1-4H3,(H,24,27)(H2,21,22,23). The van der Waals surface area contributed by atoms with Crippen LogP contribution in [0.4, 0.5) is 4.79 Å². The van der Waals surface area contributed by atoms with Crippen molar-refractivity contribution in [3.63, 3.8) is 0 Å². The van der Waals surface area contributed by atoms with Crippen LogP contribution in [0.3, 0.4) is 0 Å². The highest BCUT2D eigenvalue weighted by Gasteiger charge is 2.15. The summed E-state index contributed by atoms with van der Waals surface area (Å²) in [6.07, 6.45) is 0.0902. The van der Waals surface area contributed by atoms with Gasteiger partial charge in [0.1, 0.15) is 5.60 Å². The fourth-order valence-corrected chi connectivity index (χ4v) is 2.37. The van der Waals surface area contributed by atoms with Gasteiger partial charge in [0.05, 0.1) is 0 Å². The maximum Gasteiger partial charge on any atom is 0.407 e. The number of amides is 1. The number of hydrogen-bond donors (Lipinski definition) is 3. The molecule has 3 N–H and O–H groups in total. The fraction of sp³-hybridized carbons (Fsp3) is 0.474. The van der Waals surface area contributed by atoms with Crippen LogP contribution in [0.1, 0.15) is 26.7 Å². The van der Waals surface area contributed by atoms with Crippen LogP contribution in [0.25, 0.3) is 11.4 Å². The van der Waals surface area contributed by atoms with Crippen LogP contribution in [0.2, 0.25) is 5.02 Å². The molecular formula is C19H27ClN6O3. The summed E-state index contributed by atoms with van der Waals surface area (Å²) in [5.41, 5.74) is 0.324. The highest BCUT2D eigenvalue weighted by molar-refractivity contribution is 6.30. The molecule has 0 unspecified atom stereocenters. The van der Waals surface area contributed by atoms with Crippen LogP contribution in [-0.2, 0) is 11.2 Å². The van der Waals surface area contributed by atoms with E-state index in [0.717, 1.165) is 5.56 Å². The van der Waals surface area contributed by atoms with Gasteiger partial charge in [0.15, 0.2) is 5.96 Å². The lowest BCUT2D eigenvalue weighted by Crippen LogP contribution is -2.43. The van der Waals surface area contributed by atoms with E-state index in [1.807, 2.05) is 32.9 Å². The largest absolute Gasteiger partial charge is 0.444 e. The summed E-state index contributed by atoms with van der Waals surface area (Å²) in [6, 6.07) is 7.24. The van der Waals surface area contributed by atoms with Crippen molar-refractivity contribution >= 4 is 23.7 Å². The number of carbonyl (C=O) groups excluding carboxylic acids is 1. The number of halogens is 1. The number of carbonyl (C=O) groups is 1. The number of alkyl carbamates (subject to hydrolysis) is 1. The molecule has 0 aliphatic heterocycles. The summed E-state index contributed by atoms with van der Waals surface area (Å²) in [5, 5.41) is 13.6. The summed E-state index contributed by atoms with van der Waals surface area (Å²) in [4.78, 5) is 20.1. The number of aliphatic imine (C=N–C) groups is 1. The predicted molar refractivity (Wildman–Crippen MR) is 112 cm³/mol. The van der Waals surface area contributed by atoms with E-state index in [2.05, 4.69) is 31.1 Å². The van der Waals surface area contributed by atoms with E-state index in [1.165, 1.54) is 0 Å². The Labute approximate surface area is 175 Å². The van der Waals surface area contributed by atoms with Crippen LogP contribution in [0.15, 0.2) is 33.8 Å². The van der Waals surface area contributed by atoms with Crippen LogP contribution in [0.5, 0.6) is 0 Å². The molecule has 10 heteroatoms. The Morgan fingerprint density at radius 3 is 2.45 bits per heavy atom. The summed E-state index contributed by atoms with van der Waals surface area (Å²) in [6.45, 7) is 6.92. The first-order valence-electron chi connectivity index (χ1n) is 9.27. The molecule has 0 saturated heterocycles. The Morgan fingerprint density at radius 2 is 1.79 bits per heavy atom. The molecule has 1 amide bonds. The van der Waals surface area contributed by atoms with Crippen molar-refractivity contribution in [2.24, 2.45) is 4.99 Å². The second kappa shape index (κ2) is 10.7. The van der Waals surface area contributed by atoms with E-state index in [0.29, 0.717) is 48.8 Å². The number of rotatable bonds is 7. The maximum absolute atomic E-state index is 11.6. The van der Waals surface area contributed by atoms with Gasteiger partial charge in [-0.15, -0.1) is 0 Å². The molecule has 0 bridgehead atoms. The first-order chi connectivity index (χ1) is 13.8. The third-order valence-corrected chi connectivity index (χ3v) is 3.76. The van der Waals surface area contributed by atoms with Gasteiger partial charge in [0.25, 0.3) is 0 Å². The third-order valence-electron chi connectivity index (χ3n) is 3.51. The van der Waals surface area contributed by atoms with E-state index in [1.54, 1.807) is 19.2 Å². The minimum atomic E-state index is -0.517. The molecule has 0 saturated carbocycles. The van der Waals surface area contributed by atoms with Gasteiger partial charge in [-0.3, -0.25) is 4.99 Å². The van der Waals surface area contributed by atoms with E-state index in [4.69, 9.17) is 20.9 Å². The van der Waals surface area contributed by atoms with Crippen LogP contribution < -0.4 is 16.0 Å². The molecular weight excluding hydrogens is 396 g/mol. The molecule has 1 heterocycles. The quantitative estimate of drug-likeness (QED) is 0.357. The Bertz CT molecular complexity index is 814. The van der Waals surface area contributed by atoms with Gasteiger partial charge < -0.3 is 25.2 Å². The van der Waals surface area contributed by atoms with Crippen molar-refractivity contribution in [3.8, 4) is 11.4 Å². The maximum atomic E-state index is 11.6. The number of nitrogens with zero attached hydrogens (tertiary/aromatic N) is 3. The van der Waals surface area contributed by atoms with Crippen LogP contribution in [0, 0.1) is 0 Å². The van der Waals surface area contributed by atoms with Gasteiger partial charge in [0, 0.05) is 43.7 Å². The highest BCUT2D eigenvalue weighted by atomic mass is 35.5. The van der Waals surface area contributed by atoms with Crippen LogP contribution in [-0.4, -0.2) is 54.5 Å². The lowest BCUT2D eigenvalue weighted by molar-refractivity contribution is 0.0529. The van der Waals surface area contributed by atoms with Crippen molar-refractivity contribution in [2.75, 3.05) is 26.7 Å². The zero-order valence-corrected chi connectivity index (χ0v) is 17.8. The Hall–Kier alpha value is -2.81. The highest BCUT2D eigenvalue weighted by Crippen LogP contribution is 2.18. The number of aromatic nitrogens is 2. The molecule has 158 valence electrons. The number of benzene rings is 1. The zero-order chi connectivity index (χ0) is 21.3. The van der Waals surface area contributed by atoms with Crippen molar-refractivity contribution in [1.29, 1.82) is 0 Å². The molecule has 0 aliphatic rings. The van der Waals surface area contributed by atoms with Gasteiger partial charge in [-0.05, 0) is 45.0 Å². The van der Waals surface area contributed by atoms with Gasteiger partial charge in [-0.1, -0.05) is 16.8 Å². The number of nitrogens with one attached hydrogen (secondary N) is 3.